The van der Waals surface area contributed by atoms with Gasteiger partial charge < -0.3 is 19.9 Å². The summed E-state index contributed by atoms with van der Waals surface area (Å²) in [4.78, 5) is 0. The van der Waals surface area contributed by atoms with Crippen molar-refractivity contribution in [1.82, 2.24) is 5.32 Å². The van der Waals surface area contributed by atoms with E-state index in [0.29, 0.717) is 6.61 Å². The third kappa shape index (κ3) is 2.76. The van der Waals surface area contributed by atoms with Gasteiger partial charge in [-0.05, 0) is 44.4 Å². The van der Waals surface area contributed by atoms with Gasteiger partial charge in [0.05, 0.1) is 12.1 Å². The number of benzene rings is 1. The van der Waals surface area contributed by atoms with E-state index < -0.39 is 0 Å². The third-order valence-electron chi connectivity index (χ3n) is 4.11. The standard InChI is InChI=1S/C16H23NO3/c1-2-8-17-13-10-19-16-9-11(6-7-12(13)16)20-15-5-3-4-14(15)18/h6-7,9,13-15,17-18H,2-5,8,10H2,1H3. The molecule has 0 bridgehead atoms. The zero-order valence-corrected chi connectivity index (χ0v) is 12.0. The van der Waals surface area contributed by atoms with Crippen LogP contribution in [0.4, 0.5) is 0 Å². The Morgan fingerprint density at radius 3 is 3.05 bits per heavy atom. The van der Waals surface area contributed by atoms with E-state index in [0.717, 1.165) is 43.7 Å². The van der Waals surface area contributed by atoms with Crippen LogP contribution >= 0.6 is 0 Å². The first kappa shape index (κ1) is 13.7. The molecule has 0 spiro atoms. The Balaban J connectivity index is 1.67. The number of aliphatic hydroxyl groups is 1. The van der Waals surface area contributed by atoms with Crippen LogP contribution in [0, 0.1) is 0 Å². The van der Waals surface area contributed by atoms with Gasteiger partial charge in [0, 0.05) is 11.6 Å². The molecule has 3 atom stereocenters. The Bertz CT molecular complexity index is 463. The highest BCUT2D eigenvalue weighted by molar-refractivity contribution is 5.45. The van der Waals surface area contributed by atoms with E-state index in [2.05, 4.69) is 18.3 Å². The van der Waals surface area contributed by atoms with Crippen LogP contribution in [0.2, 0.25) is 0 Å². The van der Waals surface area contributed by atoms with Gasteiger partial charge >= 0.3 is 0 Å². The minimum Gasteiger partial charge on any atom is -0.491 e. The summed E-state index contributed by atoms with van der Waals surface area (Å²) in [6.07, 6.45) is 3.53. The van der Waals surface area contributed by atoms with Crippen LogP contribution in [-0.2, 0) is 0 Å². The normalized spacial score (nSPS) is 28.2. The summed E-state index contributed by atoms with van der Waals surface area (Å²) in [5.74, 6) is 1.70. The van der Waals surface area contributed by atoms with Gasteiger partial charge in [-0.3, -0.25) is 0 Å². The van der Waals surface area contributed by atoms with Crippen molar-refractivity contribution < 1.29 is 14.6 Å². The van der Waals surface area contributed by atoms with Gasteiger partial charge in [0.25, 0.3) is 0 Å². The van der Waals surface area contributed by atoms with Gasteiger partial charge in [0.1, 0.15) is 24.2 Å². The highest BCUT2D eigenvalue weighted by atomic mass is 16.5. The van der Waals surface area contributed by atoms with Gasteiger partial charge in [-0.15, -0.1) is 0 Å². The first-order chi connectivity index (χ1) is 9.78. The Morgan fingerprint density at radius 1 is 1.40 bits per heavy atom. The number of aliphatic hydroxyl groups excluding tert-OH is 1. The molecule has 20 heavy (non-hydrogen) atoms. The van der Waals surface area contributed by atoms with E-state index in [-0.39, 0.29) is 18.2 Å². The first-order valence-corrected chi connectivity index (χ1v) is 7.62. The average Bonchev–Trinajstić information content (AvgIpc) is 3.03. The lowest BCUT2D eigenvalue weighted by molar-refractivity contribution is 0.0602. The van der Waals surface area contributed by atoms with E-state index in [9.17, 15) is 5.11 Å². The van der Waals surface area contributed by atoms with Crippen LogP contribution in [-0.4, -0.2) is 30.5 Å². The minimum atomic E-state index is -0.330. The second-order valence-corrected chi connectivity index (χ2v) is 5.67. The monoisotopic (exact) mass is 277 g/mol. The second kappa shape index (κ2) is 6.02. The lowest BCUT2D eigenvalue weighted by atomic mass is 10.1. The molecule has 4 heteroatoms. The molecular weight excluding hydrogens is 254 g/mol. The highest BCUT2D eigenvalue weighted by Crippen LogP contribution is 2.36. The maximum absolute atomic E-state index is 9.82. The third-order valence-corrected chi connectivity index (χ3v) is 4.11. The molecule has 1 heterocycles. The molecular formula is C16H23NO3. The maximum atomic E-state index is 9.82. The molecule has 0 radical (unpaired) electrons. The maximum Gasteiger partial charge on any atom is 0.128 e. The quantitative estimate of drug-likeness (QED) is 0.868. The van der Waals surface area contributed by atoms with Gasteiger partial charge in [0.2, 0.25) is 0 Å². The molecule has 0 aromatic heterocycles. The smallest absolute Gasteiger partial charge is 0.128 e. The molecule has 2 aliphatic rings. The van der Waals surface area contributed by atoms with Crippen LogP contribution in [0.1, 0.15) is 44.2 Å². The Kier molecular flexibility index (Phi) is 4.13. The second-order valence-electron chi connectivity index (χ2n) is 5.67. The summed E-state index contributed by atoms with van der Waals surface area (Å²) in [6.45, 7) is 3.85. The molecule has 1 aromatic rings. The van der Waals surface area contributed by atoms with Crippen molar-refractivity contribution in [3.8, 4) is 11.5 Å². The molecule has 4 nitrogen and oxygen atoms in total. The van der Waals surface area contributed by atoms with Crippen molar-refractivity contribution >= 4 is 0 Å². The first-order valence-electron chi connectivity index (χ1n) is 7.62. The fourth-order valence-electron chi connectivity index (χ4n) is 2.97. The fraction of sp³-hybridized carbons (Fsp3) is 0.625. The van der Waals surface area contributed by atoms with Crippen molar-refractivity contribution in [1.29, 1.82) is 0 Å². The molecule has 3 rings (SSSR count). The van der Waals surface area contributed by atoms with Gasteiger partial charge in [-0.25, -0.2) is 0 Å². The number of hydrogen-bond acceptors (Lipinski definition) is 4. The predicted molar refractivity (Wildman–Crippen MR) is 77.2 cm³/mol. The number of fused-ring (bicyclic) bond motifs is 1. The summed E-state index contributed by atoms with van der Waals surface area (Å²) in [7, 11) is 0. The number of ether oxygens (including phenoxy) is 2. The molecule has 110 valence electrons. The molecule has 3 unspecified atom stereocenters. The van der Waals surface area contributed by atoms with Crippen molar-refractivity contribution in [3.05, 3.63) is 23.8 Å². The number of nitrogens with one attached hydrogen (secondary N) is 1. The highest BCUT2D eigenvalue weighted by Gasteiger charge is 2.28. The van der Waals surface area contributed by atoms with Gasteiger partial charge in [-0.2, -0.15) is 0 Å². The molecule has 0 amide bonds. The van der Waals surface area contributed by atoms with E-state index in [1.54, 1.807) is 0 Å². The van der Waals surface area contributed by atoms with Crippen LogP contribution in [0.25, 0.3) is 0 Å². The Labute approximate surface area is 120 Å². The summed E-state index contributed by atoms with van der Waals surface area (Å²) in [5, 5.41) is 13.3. The summed E-state index contributed by atoms with van der Waals surface area (Å²) < 4.78 is 11.6. The van der Waals surface area contributed by atoms with Crippen molar-refractivity contribution in [2.24, 2.45) is 0 Å². The number of rotatable bonds is 5. The molecule has 1 aromatic carbocycles. The van der Waals surface area contributed by atoms with Crippen molar-refractivity contribution in [2.45, 2.75) is 50.9 Å². The fourth-order valence-corrected chi connectivity index (χ4v) is 2.97. The lowest BCUT2D eigenvalue weighted by Gasteiger charge is -2.17. The predicted octanol–water partition coefficient (Wildman–Crippen LogP) is 2.41. The number of hydrogen-bond donors (Lipinski definition) is 2. The summed E-state index contributed by atoms with van der Waals surface area (Å²) in [6, 6.07) is 6.30. The molecule has 2 N–H and O–H groups in total. The van der Waals surface area contributed by atoms with Gasteiger partial charge in [-0.1, -0.05) is 6.92 Å². The largest absolute Gasteiger partial charge is 0.491 e. The van der Waals surface area contributed by atoms with Crippen LogP contribution in [0.15, 0.2) is 18.2 Å². The van der Waals surface area contributed by atoms with E-state index >= 15 is 0 Å². The topological polar surface area (TPSA) is 50.7 Å². The summed E-state index contributed by atoms with van der Waals surface area (Å²) >= 11 is 0. The Hall–Kier alpha value is -1.26. The molecule has 1 saturated carbocycles. The minimum absolute atomic E-state index is 0.0662. The van der Waals surface area contributed by atoms with Crippen LogP contribution in [0.5, 0.6) is 11.5 Å². The zero-order chi connectivity index (χ0) is 13.9. The zero-order valence-electron chi connectivity index (χ0n) is 12.0. The molecule has 1 fully saturated rings. The average molecular weight is 277 g/mol. The van der Waals surface area contributed by atoms with E-state index in [1.807, 2.05) is 12.1 Å². The summed E-state index contributed by atoms with van der Waals surface area (Å²) in [5.41, 5.74) is 1.21. The molecule has 1 aliphatic carbocycles. The van der Waals surface area contributed by atoms with E-state index in [4.69, 9.17) is 9.47 Å². The van der Waals surface area contributed by atoms with Crippen LogP contribution < -0.4 is 14.8 Å². The lowest BCUT2D eigenvalue weighted by Crippen LogP contribution is -2.25. The van der Waals surface area contributed by atoms with E-state index in [1.165, 1.54) is 5.56 Å². The van der Waals surface area contributed by atoms with Crippen LogP contribution in [0.3, 0.4) is 0 Å². The van der Waals surface area contributed by atoms with Crippen molar-refractivity contribution in [3.63, 3.8) is 0 Å². The van der Waals surface area contributed by atoms with Gasteiger partial charge in [0.15, 0.2) is 0 Å². The SMILES string of the molecule is CCCNC1COc2cc(OC3CCCC3O)ccc21. The Morgan fingerprint density at radius 2 is 2.30 bits per heavy atom. The molecule has 1 aliphatic heterocycles. The molecule has 0 saturated heterocycles. The van der Waals surface area contributed by atoms with Crippen molar-refractivity contribution in [2.75, 3.05) is 13.2 Å².